The van der Waals surface area contributed by atoms with Crippen molar-refractivity contribution >= 4 is 27.4 Å². The fourth-order valence-electron chi connectivity index (χ4n) is 1.37. The highest BCUT2D eigenvalue weighted by molar-refractivity contribution is 9.10. The number of fused-ring (bicyclic) bond motifs is 1. The van der Waals surface area contributed by atoms with Crippen molar-refractivity contribution in [1.82, 2.24) is 0 Å². The summed E-state index contributed by atoms with van der Waals surface area (Å²) in [6.45, 7) is 1.39. The first-order valence-electron chi connectivity index (χ1n) is 4.45. The number of halogens is 1. The number of carbonyl (C=O) groups is 1. The van der Waals surface area contributed by atoms with Gasteiger partial charge in [-0.25, -0.2) is 0 Å². The van der Waals surface area contributed by atoms with Crippen LogP contribution in [-0.4, -0.2) is 5.97 Å². The molecule has 0 aliphatic heterocycles. The van der Waals surface area contributed by atoms with Gasteiger partial charge < -0.3 is 4.74 Å². The summed E-state index contributed by atoms with van der Waals surface area (Å²) in [5.41, 5.74) is 0.849. The van der Waals surface area contributed by atoms with Crippen LogP contribution in [0.15, 0.2) is 41.1 Å². The monoisotopic (exact) mass is 266 g/mol. The Morgan fingerprint density at radius 1 is 1.33 bits per heavy atom. The summed E-state index contributed by atoms with van der Waals surface area (Å²) >= 11 is 3.36. The second-order valence-corrected chi connectivity index (χ2v) is 3.93. The molecule has 2 heterocycles. The molecule has 0 aliphatic carbocycles. The predicted octanol–water partition coefficient (Wildman–Crippen LogP) is 2.11. The van der Waals surface area contributed by atoms with Gasteiger partial charge in [0.05, 0.1) is 4.47 Å². The van der Waals surface area contributed by atoms with Gasteiger partial charge in [0.1, 0.15) is 0 Å². The quantitative estimate of drug-likeness (QED) is 0.585. The van der Waals surface area contributed by atoms with E-state index in [1.54, 1.807) is 0 Å². The molecule has 0 saturated heterocycles. The van der Waals surface area contributed by atoms with Crippen LogP contribution in [0.25, 0.3) is 5.52 Å². The van der Waals surface area contributed by atoms with Crippen molar-refractivity contribution in [2.45, 2.75) is 6.92 Å². The van der Waals surface area contributed by atoms with E-state index in [9.17, 15) is 4.79 Å². The molecule has 0 N–H and O–H groups in total. The summed E-state index contributed by atoms with van der Waals surface area (Å²) < 4.78 is 7.81. The topological polar surface area (TPSA) is 30.4 Å². The van der Waals surface area contributed by atoms with Crippen LogP contribution in [-0.2, 0) is 4.79 Å². The van der Waals surface area contributed by atoms with Gasteiger partial charge in [-0.1, -0.05) is 0 Å². The average Bonchev–Trinajstić information content (AvgIpc) is 2.22. The normalized spacial score (nSPS) is 10.3. The molecule has 0 fully saturated rings. The van der Waals surface area contributed by atoms with Crippen LogP contribution in [0, 0.1) is 0 Å². The van der Waals surface area contributed by atoms with Crippen molar-refractivity contribution in [1.29, 1.82) is 0 Å². The zero-order chi connectivity index (χ0) is 10.8. The van der Waals surface area contributed by atoms with Crippen LogP contribution >= 0.6 is 15.9 Å². The fourth-order valence-corrected chi connectivity index (χ4v) is 1.77. The summed E-state index contributed by atoms with van der Waals surface area (Å²) in [6.07, 6.45) is 3.79. The summed E-state index contributed by atoms with van der Waals surface area (Å²) in [4.78, 5) is 11.0. The lowest BCUT2D eigenvalue weighted by atomic mass is 10.3. The van der Waals surface area contributed by atoms with E-state index < -0.39 is 0 Å². The predicted molar refractivity (Wildman–Crippen MR) is 58.6 cm³/mol. The van der Waals surface area contributed by atoms with E-state index in [1.807, 2.05) is 41.1 Å². The van der Waals surface area contributed by atoms with Crippen LogP contribution in [0.3, 0.4) is 0 Å². The van der Waals surface area contributed by atoms with Gasteiger partial charge in [0.2, 0.25) is 5.75 Å². The SMILES string of the molecule is CC(=O)Oc1c(Br)cc[n+]2ccccc12. The lowest BCUT2D eigenvalue weighted by Gasteiger charge is -2.02. The molecule has 0 bridgehead atoms. The maximum absolute atomic E-state index is 11.0. The summed E-state index contributed by atoms with van der Waals surface area (Å²) in [5.74, 6) is 0.221. The number of nitrogens with zero attached hydrogens (tertiary/aromatic N) is 1. The van der Waals surface area contributed by atoms with Crippen molar-refractivity contribution < 1.29 is 13.9 Å². The number of pyridine rings is 2. The third-order valence-corrected chi connectivity index (χ3v) is 2.59. The maximum Gasteiger partial charge on any atom is 0.308 e. The zero-order valence-electron chi connectivity index (χ0n) is 8.11. The van der Waals surface area contributed by atoms with Crippen LogP contribution in [0.5, 0.6) is 5.75 Å². The van der Waals surface area contributed by atoms with Gasteiger partial charge in [-0.15, -0.1) is 0 Å². The smallest absolute Gasteiger partial charge is 0.308 e. The van der Waals surface area contributed by atoms with Crippen molar-refractivity contribution in [2.75, 3.05) is 0 Å². The number of carbonyl (C=O) groups excluding carboxylic acids is 1. The first-order chi connectivity index (χ1) is 7.18. The minimum atomic E-state index is -0.326. The van der Waals surface area contributed by atoms with Crippen LogP contribution in [0.1, 0.15) is 6.92 Å². The van der Waals surface area contributed by atoms with Gasteiger partial charge in [-0.3, -0.25) is 4.79 Å². The lowest BCUT2D eigenvalue weighted by molar-refractivity contribution is -0.512. The molecule has 76 valence electrons. The Labute approximate surface area is 95.4 Å². The number of aromatic nitrogens is 1. The first-order valence-corrected chi connectivity index (χ1v) is 5.25. The van der Waals surface area contributed by atoms with E-state index in [-0.39, 0.29) is 5.97 Å². The molecular formula is C11H9BrNO2+. The standard InChI is InChI=1S/C11H9BrNO2/c1-8(14)15-11-9(12)5-7-13-6-3-2-4-10(11)13/h2-7H,1H3/q+1. The van der Waals surface area contributed by atoms with E-state index in [0.717, 1.165) is 9.99 Å². The van der Waals surface area contributed by atoms with Crippen molar-refractivity contribution in [3.05, 3.63) is 41.1 Å². The molecule has 0 aromatic carbocycles. The van der Waals surface area contributed by atoms with Gasteiger partial charge in [0.25, 0.3) is 5.52 Å². The number of rotatable bonds is 1. The third-order valence-electron chi connectivity index (χ3n) is 1.97. The minimum Gasteiger partial charge on any atom is -0.418 e. The third kappa shape index (κ3) is 1.99. The molecule has 0 unspecified atom stereocenters. The lowest BCUT2D eigenvalue weighted by Crippen LogP contribution is -2.21. The number of ether oxygens (including phenoxy) is 1. The van der Waals surface area contributed by atoms with Gasteiger partial charge in [0, 0.05) is 25.1 Å². The van der Waals surface area contributed by atoms with Gasteiger partial charge in [-0.2, -0.15) is 4.40 Å². The molecule has 2 aromatic heterocycles. The maximum atomic E-state index is 11.0. The van der Waals surface area contributed by atoms with Gasteiger partial charge >= 0.3 is 5.97 Å². The van der Waals surface area contributed by atoms with Gasteiger partial charge in [-0.05, 0) is 22.0 Å². The molecule has 0 radical (unpaired) electrons. The second-order valence-electron chi connectivity index (χ2n) is 3.08. The molecule has 0 spiro atoms. The van der Waals surface area contributed by atoms with Crippen molar-refractivity contribution in [3.8, 4) is 5.75 Å². The minimum absolute atomic E-state index is 0.326. The van der Waals surface area contributed by atoms with E-state index >= 15 is 0 Å². The Bertz CT molecular complexity index is 525. The Hall–Kier alpha value is -1.42. The fraction of sp³-hybridized carbons (Fsp3) is 0.0909. The second kappa shape index (κ2) is 3.98. The molecule has 4 heteroatoms. The molecule has 3 nitrogen and oxygen atoms in total. The average molecular weight is 267 g/mol. The number of hydrogen-bond acceptors (Lipinski definition) is 2. The van der Waals surface area contributed by atoms with E-state index in [4.69, 9.17) is 4.74 Å². The highest BCUT2D eigenvalue weighted by Gasteiger charge is 2.14. The zero-order valence-corrected chi connectivity index (χ0v) is 9.69. The van der Waals surface area contributed by atoms with Crippen LogP contribution in [0.4, 0.5) is 0 Å². The molecule has 2 rings (SSSR count). The molecule has 2 aromatic rings. The Balaban J connectivity index is 2.68. The summed E-state index contributed by atoms with van der Waals surface area (Å²) in [5, 5.41) is 0. The molecule has 0 amide bonds. The van der Waals surface area contributed by atoms with Crippen LogP contribution < -0.4 is 9.14 Å². The van der Waals surface area contributed by atoms with E-state index in [1.165, 1.54) is 6.92 Å². The highest BCUT2D eigenvalue weighted by Crippen LogP contribution is 2.27. The molecule has 0 aliphatic rings. The van der Waals surface area contributed by atoms with Crippen molar-refractivity contribution in [2.24, 2.45) is 0 Å². The summed E-state index contributed by atoms with van der Waals surface area (Å²) in [7, 11) is 0. The Morgan fingerprint density at radius 2 is 2.13 bits per heavy atom. The largest absolute Gasteiger partial charge is 0.418 e. The summed E-state index contributed by atoms with van der Waals surface area (Å²) in [6, 6.07) is 7.54. The highest BCUT2D eigenvalue weighted by atomic mass is 79.9. The van der Waals surface area contributed by atoms with E-state index in [2.05, 4.69) is 15.9 Å². The number of hydrogen-bond donors (Lipinski definition) is 0. The molecular weight excluding hydrogens is 258 g/mol. The first kappa shape index (κ1) is 10.1. The van der Waals surface area contributed by atoms with Gasteiger partial charge in [0.15, 0.2) is 12.4 Å². The molecule has 0 saturated carbocycles. The number of esters is 1. The Morgan fingerprint density at radius 3 is 2.87 bits per heavy atom. The van der Waals surface area contributed by atoms with Crippen molar-refractivity contribution in [3.63, 3.8) is 0 Å². The van der Waals surface area contributed by atoms with Crippen LogP contribution in [0.2, 0.25) is 0 Å². The molecule has 0 atom stereocenters. The van der Waals surface area contributed by atoms with E-state index in [0.29, 0.717) is 5.75 Å². The molecule has 15 heavy (non-hydrogen) atoms. The Kier molecular flexibility index (Phi) is 2.68.